The molecule has 134 valence electrons. The lowest BCUT2D eigenvalue weighted by molar-refractivity contribution is -0.115. The van der Waals surface area contributed by atoms with Gasteiger partial charge in [0.1, 0.15) is 6.33 Å². The number of hydrogen-bond donors (Lipinski definition) is 1. The van der Waals surface area contributed by atoms with Gasteiger partial charge in [0.15, 0.2) is 5.16 Å². The third-order valence-electron chi connectivity index (χ3n) is 3.88. The standard InChI is InChI=1S/C19H19ClN4OS/c1-12-9-13(2)17(16(20)10-12)22-18(25)14(3)26-19-23-21-11-24(19)15-7-5-4-6-8-15/h4-11,14H,1-3H3,(H,22,25)/t14-/m0/s1. The number of thioether (sulfide) groups is 1. The molecule has 0 saturated carbocycles. The van der Waals surface area contributed by atoms with Crippen molar-refractivity contribution in [3.8, 4) is 5.69 Å². The Balaban J connectivity index is 1.74. The van der Waals surface area contributed by atoms with Crippen molar-refractivity contribution >= 4 is 35.0 Å². The van der Waals surface area contributed by atoms with E-state index in [2.05, 4.69) is 15.5 Å². The minimum Gasteiger partial charge on any atom is -0.324 e. The van der Waals surface area contributed by atoms with E-state index in [9.17, 15) is 4.79 Å². The van der Waals surface area contributed by atoms with Crippen LogP contribution in [0.3, 0.4) is 0 Å². The average molecular weight is 387 g/mol. The first-order valence-electron chi connectivity index (χ1n) is 8.15. The highest BCUT2D eigenvalue weighted by molar-refractivity contribution is 8.00. The Bertz CT molecular complexity index is 903. The molecule has 2 aromatic carbocycles. The van der Waals surface area contributed by atoms with Gasteiger partial charge in [-0.15, -0.1) is 10.2 Å². The number of aromatic nitrogens is 3. The molecule has 0 aliphatic heterocycles. The average Bonchev–Trinajstić information content (AvgIpc) is 3.06. The van der Waals surface area contributed by atoms with Crippen LogP contribution in [0.4, 0.5) is 5.69 Å². The molecule has 26 heavy (non-hydrogen) atoms. The van der Waals surface area contributed by atoms with Gasteiger partial charge >= 0.3 is 0 Å². The smallest absolute Gasteiger partial charge is 0.237 e. The summed E-state index contributed by atoms with van der Waals surface area (Å²) in [5, 5.41) is 11.9. The van der Waals surface area contributed by atoms with Crippen molar-refractivity contribution in [1.29, 1.82) is 0 Å². The number of halogens is 1. The zero-order valence-electron chi connectivity index (χ0n) is 14.7. The maximum Gasteiger partial charge on any atom is 0.237 e. The Morgan fingerprint density at radius 2 is 1.96 bits per heavy atom. The molecule has 0 saturated heterocycles. The number of aryl methyl sites for hydroxylation is 2. The zero-order valence-corrected chi connectivity index (χ0v) is 16.3. The van der Waals surface area contributed by atoms with Gasteiger partial charge in [-0.2, -0.15) is 0 Å². The van der Waals surface area contributed by atoms with Crippen molar-refractivity contribution in [3.63, 3.8) is 0 Å². The number of carbonyl (C=O) groups excluding carboxylic acids is 1. The summed E-state index contributed by atoms with van der Waals surface area (Å²) in [6, 6.07) is 13.6. The molecule has 1 atom stereocenters. The van der Waals surface area contributed by atoms with Gasteiger partial charge in [0.25, 0.3) is 0 Å². The minimum absolute atomic E-state index is 0.133. The summed E-state index contributed by atoms with van der Waals surface area (Å²) in [5.74, 6) is -0.133. The Morgan fingerprint density at radius 1 is 1.23 bits per heavy atom. The number of para-hydroxylation sites is 1. The van der Waals surface area contributed by atoms with E-state index in [0.29, 0.717) is 15.9 Å². The topological polar surface area (TPSA) is 59.8 Å². The van der Waals surface area contributed by atoms with Gasteiger partial charge in [-0.05, 0) is 50.1 Å². The molecule has 1 heterocycles. The Morgan fingerprint density at radius 3 is 2.65 bits per heavy atom. The SMILES string of the molecule is Cc1cc(C)c(NC(=O)[C@H](C)Sc2nncn2-c2ccccc2)c(Cl)c1. The van der Waals surface area contributed by atoms with E-state index in [1.807, 2.05) is 67.8 Å². The molecule has 1 amide bonds. The molecule has 3 aromatic rings. The van der Waals surface area contributed by atoms with Crippen LogP contribution in [-0.2, 0) is 4.79 Å². The zero-order chi connectivity index (χ0) is 18.7. The molecular formula is C19H19ClN4OS. The van der Waals surface area contributed by atoms with Crippen LogP contribution in [0, 0.1) is 13.8 Å². The molecule has 1 N–H and O–H groups in total. The van der Waals surface area contributed by atoms with E-state index in [0.717, 1.165) is 16.8 Å². The van der Waals surface area contributed by atoms with Gasteiger partial charge < -0.3 is 5.32 Å². The molecule has 0 radical (unpaired) electrons. The van der Waals surface area contributed by atoms with Crippen molar-refractivity contribution in [2.24, 2.45) is 0 Å². The highest BCUT2D eigenvalue weighted by Gasteiger charge is 2.20. The second kappa shape index (κ2) is 7.93. The molecule has 0 bridgehead atoms. The summed E-state index contributed by atoms with van der Waals surface area (Å²) >= 11 is 7.63. The lowest BCUT2D eigenvalue weighted by Gasteiger charge is -2.15. The van der Waals surface area contributed by atoms with Gasteiger partial charge in [-0.25, -0.2) is 0 Å². The molecule has 0 aliphatic rings. The van der Waals surface area contributed by atoms with Crippen molar-refractivity contribution in [3.05, 3.63) is 64.9 Å². The van der Waals surface area contributed by atoms with E-state index in [-0.39, 0.29) is 11.2 Å². The van der Waals surface area contributed by atoms with Crippen LogP contribution < -0.4 is 5.32 Å². The number of benzene rings is 2. The van der Waals surface area contributed by atoms with Gasteiger partial charge in [0.2, 0.25) is 5.91 Å². The Kier molecular flexibility index (Phi) is 5.64. The molecule has 7 heteroatoms. The second-order valence-electron chi connectivity index (χ2n) is 6.01. The number of hydrogen-bond acceptors (Lipinski definition) is 4. The first kappa shape index (κ1) is 18.5. The Labute approximate surface area is 161 Å². The van der Waals surface area contributed by atoms with E-state index < -0.39 is 0 Å². The van der Waals surface area contributed by atoms with E-state index in [1.54, 1.807) is 6.33 Å². The van der Waals surface area contributed by atoms with E-state index >= 15 is 0 Å². The monoisotopic (exact) mass is 386 g/mol. The predicted molar refractivity (Wildman–Crippen MR) is 106 cm³/mol. The first-order valence-corrected chi connectivity index (χ1v) is 9.41. The van der Waals surface area contributed by atoms with Crippen molar-refractivity contribution in [2.75, 3.05) is 5.32 Å². The summed E-state index contributed by atoms with van der Waals surface area (Å²) in [4.78, 5) is 12.6. The molecule has 1 aromatic heterocycles. The number of rotatable bonds is 5. The van der Waals surface area contributed by atoms with Crippen LogP contribution in [0.25, 0.3) is 5.69 Å². The third kappa shape index (κ3) is 4.08. The molecule has 5 nitrogen and oxygen atoms in total. The lowest BCUT2D eigenvalue weighted by atomic mass is 10.1. The molecular weight excluding hydrogens is 368 g/mol. The summed E-state index contributed by atoms with van der Waals surface area (Å²) in [6.45, 7) is 5.74. The number of amides is 1. The maximum absolute atomic E-state index is 12.6. The largest absolute Gasteiger partial charge is 0.324 e. The van der Waals surface area contributed by atoms with Crippen LogP contribution in [-0.4, -0.2) is 25.9 Å². The van der Waals surface area contributed by atoms with Crippen molar-refractivity contribution in [1.82, 2.24) is 14.8 Å². The number of nitrogens with one attached hydrogen (secondary N) is 1. The van der Waals surface area contributed by atoms with Crippen molar-refractivity contribution < 1.29 is 4.79 Å². The quantitative estimate of drug-likeness (QED) is 0.648. The summed E-state index contributed by atoms with van der Waals surface area (Å²) in [5.41, 5.74) is 3.60. The number of anilines is 1. The molecule has 3 rings (SSSR count). The summed E-state index contributed by atoms with van der Waals surface area (Å²) in [6.07, 6.45) is 1.64. The first-order chi connectivity index (χ1) is 12.5. The van der Waals surface area contributed by atoms with E-state index in [1.165, 1.54) is 11.8 Å². The fourth-order valence-corrected chi connectivity index (χ4v) is 3.79. The predicted octanol–water partition coefficient (Wildman–Crippen LogP) is 4.66. The van der Waals surface area contributed by atoms with Crippen molar-refractivity contribution in [2.45, 2.75) is 31.2 Å². The number of nitrogens with zero attached hydrogens (tertiary/aromatic N) is 3. The minimum atomic E-state index is -0.363. The highest BCUT2D eigenvalue weighted by Crippen LogP contribution is 2.29. The summed E-state index contributed by atoms with van der Waals surface area (Å²) < 4.78 is 1.86. The molecule has 0 aliphatic carbocycles. The third-order valence-corrected chi connectivity index (χ3v) is 5.24. The van der Waals surface area contributed by atoms with Crippen LogP contribution >= 0.6 is 23.4 Å². The van der Waals surface area contributed by atoms with Crippen LogP contribution in [0.2, 0.25) is 5.02 Å². The maximum atomic E-state index is 12.6. The highest BCUT2D eigenvalue weighted by atomic mass is 35.5. The van der Waals surface area contributed by atoms with Gasteiger partial charge in [0, 0.05) is 5.69 Å². The molecule has 0 spiro atoms. The van der Waals surface area contributed by atoms with Crippen LogP contribution in [0.15, 0.2) is 53.9 Å². The number of carbonyl (C=O) groups is 1. The summed E-state index contributed by atoms with van der Waals surface area (Å²) in [7, 11) is 0. The molecule has 0 fully saturated rings. The second-order valence-corrected chi connectivity index (χ2v) is 7.72. The lowest BCUT2D eigenvalue weighted by Crippen LogP contribution is -2.23. The fraction of sp³-hybridized carbons (Fsp3) is 0.211. The van der Waals surface area contributed by atoms with Crippen LogP contribution in [0.1, 0.15) is 18.1 Å². The normalized spacial score (nSPS) is 12.0. The van der Waals surface area contributed by atoms with Gasteiger partial charge in [-0.1, -0.05) is 47.6 Å². The molecule has 0 unspecified atom stereocenters. The Hall–Kier alpha value is -2.31. The fourth-order valence-electron chi connectivity index (χ4n) is 2.58. The van der Waals surface area contributed by atoms with Crippen LogP contribution in [0.5, 0.6) is 0 Å². The van der Waals surface area contributed by atoms with E-state index in [4.69, 9.17) is 11.6 Å². The van der Waals surface area contributed by atoms with Gasteiger partial charge in [-0.3, -0.25) is 9.36 Å². The van der Waals surface area contributed by atoms with Gasteiger partial charge in [0.05, 0.1) is 16.0 Å².